The molecule has 3 rings (SSSR count). The lowest BCUT2D eigenvalue weighted by Crippen LogP contribution is -2.36. The van der Waals surface area contributed by atoms with Gasteiger partial charge in [0.05, 0.1) is 18.5 Å². The molecule has 2 aromatic rings. The summed E-state index contributed by atoms with van der Waals surface area (Å²) in [5.41, 5.74) is 1.70. The molecule has 0 radical (unpaired) electrons. The summed E-state index contributed by atoms with van der Waals surface area (Å²) in [5.74, 6) is 0.666. The van der Waals surface area contributed by atoms with Gasteiger partial charge in [0.15, 0.2) is 0 Å². The minimum Gasteiger partial charge on any atom is -0.495 e. The van der Waals surface area contributed by atoms with Gasteiger partial charge in [-0.2, -0.15) is 0 Å². The zero-order valence-corrected chi connectivity index (χ0v) is 22.8. The number of allylic oxidation sites excluding steroid dienone is 1. The minimum atomic E-state index is -4.16. The van der Waals surface area contributed by atoms with Gasteiger partial charge in [-0.05, 0) is 75.6 Å². The molecular weight excluding hydrogens is 501 g/mol. The molecule has 1 fully saturated rings. The number of nitrogens with one attached hydrogen (secondary N) is 2. The molecule has 1 aliphatic heterocycles. The van der Waals surface area contributed by atoms with E-state index in [0.717, 1.165) is 31.0 Å². The van der Waals surface area contributed by atoms with Gasteiger partial charge in [-0.25, -0.2) is 12.8 Å². The van der Waals surface area contributed by atoms with Crippen LogP contribution >= 0.6 is 11.8 Å². The number of thioether (sulfide) groups is 1. The van der Waals surface area contributed by atoms with E-state index in [1.165, 1.54) is 37.1 Å². The average Bonchev–Trinajstić information content (AvgIpc) is 2.88. The number of sulfonamides is 1. The fourth-order valence-electron chi connectivity index (χ4n) is 4.07. The van der Waals surface area contributed by atoms with Gasteiger partial charge in [0.2, 0.25) is 0 Å². The molecule has 1 unspecified atom stereocenters. The van der Waals surface area contributed by atoms with Gasteiger partial charge in [0.25, 0.3) is 10.0 Å². The number of benzene rings is 2. The summed E-state index contributed by atoms with van der Waals surface area (Å²) in [7, 11) is -2.76. The molecule has 2 N–H and O–H groups in total. The quantitative estimate of drug-likeness (QED) is 0.295. The van der Waals surface area contributed by atoms with Crippen LogP contribution in [-0.2, 0) is 14.8 Å². The highest BCUT2D eigenvalue weighted by molar-refractivity contribution is 8.08. The molecule has 0 aromatic heterocycles. The van der Waals surface area contributed by atoms with Gasteiger partial charge in [-0.15, -0.1) is 11.8 Å². The van der Waals surface area contributed by atoms with Gasteiger partial charge in [0, 0.05) is 30.0 Å². The molecular formula is C26H34FN3O4S2. The third-order valence-electron chi connectivity index (χ3n) is 6.33. The number of nitrogens with zero attached hydrogens (tertiary/aromatic N) is 1. The predicted octanol–water partition coefficient (Wildman–Crippen LogP) is 5.43. The number of methoxy groups -OCH3 is 1. The number of anilines is 1. The van der Waals surface area contributed by atoms with Crippen molar-refractivity contribution < 1.29 is 22.3 Å². The van der Waals surface area contributed by atoms with Crippen LogP contribution in [0.4, 0.5) is 10.1 Å². The zero-order valence-electron chi connectivity index (χ0n) is 21.1. The highest BCUT2D eigenvalue weighted by atomic mass is 32.2. The Morgan fingerprint density at radius 3 is 2.67 bits per heavy atom. The Morgan fingerprint density at radius 2 is 2.03 bits per heavy atom. The van der Waals surface area contributed by atoms with Crippen LogP contribution in [0.1, 0.15) is 37.8 Å². The van der Waals surface area contributed by atoms with E-state index >= 15 is 0 Å². The van der Waals surface area contributed by atoms with E-state index in [0.29, 0.717) is 34.7 Å². The summed E-state index contributed by atoms with van der Waals surface area (Å²) >= 11 is 1.53. The Morgan fingerprint density at radius 1 is 1.31 bits per heavy atom. The van der Waals surface area contributed by atoms with E-state index in [4.69, 9.17) is 9.47 Å². The number of hydrogen-bond acceptors (Lipinski definition) is 7. The predicted molar refractivity (Wildman–Crippen MR) is 146 cm³/mol. The molecule has 0 saturated carbocycles. The van der Waals surface area contributed by atoms with Gasteiger partial charge in [-0.1, -0.05) is 18.2 Å². The molecule has 1 atom stereocenters. The first kappa shape index (κ1) is 28.2. The SMILES string of the molecule is C=N/C(C)=C(\SCNC(C)C1CCOCC1)c1ccc(OC)c(S(=O)(=O)Nc2c(C)cccc2F)c1. The molecule has 0 amide bonds. The fraction of sp³-hybridized carbons (Fsp3) is 0.423. The fourth-order valence-corrected chi connectivity index (χ4v) is 6.47. The lowest BCUT2D eigenvalue weighted by molar-refractivity contribution is 0.0567. The molecule has 0 spiro atoms. The Kier molecular flexibility index (Phi) is 9.95. The van der Waals surface area contributed by atoms with Crippen LogP contribution in [0.2, 0.25) is 0 Å². The van der Waals surface area contributed by atoms with Crippen molar-refractivity contribution in [1.82, 2.24) is 5.32 Å². The van der Waals surface area contributed by atoms with Crippen LogP contribution in [0.5, 0.6) is 5.75 Å². The van der Waals surface area contributed by atoms with Gasteiger partial charge < -0.3 is 14.8 Å². The first-order chi connectivity index (χ1) is 17.2. The lowest BCUT2D eigenvalue weighted by atomic mass is 9.93. The molecule has 36 heavy (non-hydrogen) atoms. The average molecular weight is 536 g/mol. The molecule has 0 bridgehead atoms. The molecule has 10 heteroatoms. The highest BCUT2D eigenvalue weighted by Crippen LogP contribution is 2.36. The van der Waals surface area contributed by atoms with E-state index in [-0.39, 0.29) is 16.3 Å². The van der Waals surface area contributed by atoms with E-state index in [9.17, 15) is 12.8 Å². The van der Waals surface area contributed by atoms with Crippen LogP contribution in [-0.4, -0.2) is 47.4 Å². The van der Waals surface area contributed by atoms with Gasteiger partial charge >= 0.3 is 0 Å². The molecule has 196 valence electrons. The van der Waals surface area contributed by atoms with Crippen LogP contribution in [0.15, 0.2) is 52.0 Å². The van der Waals surface area contributed by atoms with Crippen LogP contribution in [0, 0.1) is 18.7 Å². The maximum Gasteiger partial charge on any atom is 0.265 e. The Bertz CT molecular complexity index is 1190. The van der Waals surface area contributed by atoms with Crippen LogP contribution in [0.25, 0.3) is 4.91 Å². The number of para-hydroxylation sites is 1. The minimum absolute atomic E-state index is 0.0923. The Hall–Kier alpha value is -2.40. The molecule has 2 aromatic carbocycles. The Labute approximate surface area is 217 Å². The third kappa shape index (κ3) is 6.88. The van der Waals surface area contributed by atoms with Crippen molar-refractivity contribution in [3.63, 3.8) is 0 Å². The maximum atomic E-state index is 14.4. The summed E-state index contributed by atoms with van der Waals surface area (Å²) in [4.78, 5) is 4.79. The van der Waals surface area contributed by atoms with Crippen molar-refractivity contribution in [1.29, 1.82) is 0 Å². The van der Waals surface area contributed by atoms with E-state index in [1.54, 1.807) is 25.1 Å². The number of ether oxygens (including phenoxy) is 2. The normalized spacial score (nSPS) is 16.2. The van der Waals surface area contributed by atoms with E-state index in [2.05, 4.69) is 28.7 Å². The van der Waals surface area contributed by atoms with Crippen molar-refractivity contribution in [3.05, 3.63) is 59.0 Å². The maximum absolute atomic E-state index is 14.4. The number of aryl methyl sites for hydroxylation is 1. The van der Waals surface area contributed by atoms with Crippen LogP contribution in [0.3, 0.4) is 0 Å². The second-order valence-electron chi connectivity index (χ2n) is 8.71. The number of hydrogen-bond donors (Lipinski definition) is 2. The molecule has 0 aliphatic carbocycles. The summed E-state index contributed by atoms with van der Waals surface area (Å²) in [5, 5.41) is 3.56. The third-order valence-corrected chi connectivity index (χ3v) is 8.84. The number of rotatable bonds is 11. The van der Waals surface area contributed by atoms with Crippen molar-refractivity contribution in [2.24, 2.45) is 10.9 Å². The second kappa shape index (κ2) is 12.7. The molecule has 1 saturated heterocycles. The standard InChI is InChI=1S/C26H34FN3O4S2/c1-17-7-6-8-22(27)25(17)30-36(31,32)24-15-21(9-10-23(24)33-5)26(19(3)28-4)35-16-29-18(2)20-11-13-34-14-12-20/h6-10,15,18,20,29-30H,4,11-14,16H2,1-3,5H3/b26-19-. The van der Waals surface area contributed by atoms with Crippen molar-refractivity contribution in [2.75, 3.05) is 30.9 Å². The molecule has 7 nitrogen and oxygen atoms in total. The zero-order chi connectivity index (χ0) is 26.3. The second-order valence-corrected chi connectivity index (χ2v) is 11.3. The van der Waals surface area contributed by atoms with Gasteiger partial charge in [0.1, 0.15) is 16.5 Å². The summed E-state index contributed by atoms with van der Waals surface area (Å²) in [6.45, 7) is 10.9. The van der Waals surface area contributed by atoms with Crippen molar-refractivity contribution in [3.8, 4) is 5.75 Å². The highest BCUT2D eigenvalue weighted by Gasteiger charge is 2.24. The van der Waals surface area contributed by atoms with Crippen molar-refractivity contribution in [2.45, 2.75) is 44.6 Å². The van der Waals surface area contributed by atoms with E-state index in [1.807, 2.05) is 6.92 Å². The first-order valence-electron chi connectivity index (χ1n) is 11.8. The topological polar surface area (TPSA) is 89.0 Å². The van der Waals surface area contributed by atoms with Crippen molar-refractivity contribution >= 4 is 39.1 Å². The molecule has 1 aliphatic rings. The smallest absolute Gasteiger partial charge is 0.265 e. The van der Waals surface area contributed by atoms with Crippen LogP contribution < -0.4 is 14.8 Å². The summed E-state index contributed by atoms with van der Waals surface area (Å²) in [6.07, 6.45) is 2.06. The van der Waals surface area contributed by atoms with Gasteiger partial charge in [-0.3, -0.25) is 9.71 Å². The lowest BCUT2D eigenvalue weighted by Gasteiger charge is -2.28. The largest absolute Gasteiger partial charge is 0.495 e. The first-order valence-corrected chi connectivity index (χ1v) is 14.2. The summed E-state index contributed by atoms with van der Waals surface area (Å²) in [6, 6.07) is 9.59. The monoisotopic (exact) mass is 535 g/mol. The molecule has 1 heterocycles. The van der Waals surface area contributed by atoms with E-state index < -0.39 is 15.8 Å². The number of halogens is 1. The Balaban J connectivity index is 1.87. The summed E-state index contributed by atoms with van der Waals surface area (Å²) < 4.78 is 54.2. The number of aliphatic imine (C=N–C) groups is 1.